The third-order valence-electron chi connectivity index (χ3n) is 3.34. The lowest BCUT2D eigenvalue weighted by atomic mass is 10.2. The van der Waals surface area contributed by atoms with Crippen LogP contribution in [-0.2, 0) is 16.0 Å². The van der Waals surface area contributed by atoms with E-state index in [1.165, 1.54) is 7.05 Å². The van der Waals surface area contributed by atoms with Crippen molar-refractivity contribution >= 4 is 23.5 Å². The largest absolute Gasteiger partial charge is 0.358 e. The van der Waals surface area contributed by atoms with E-state index in [0.29, 0.717) is 29.4 Å². The normalized spacial score (nSPS) is 18.6. The van der Waals surface area contributed by atoms with Crippen molar-refractivity contribution in [2.45, 2.75) is 32.7 Å². The molecule has 1 aromatic heterocycles. The molecule has 0 bridgehead atoms. The lowest BCUT2D eigenvalue weighted by molar-refractivity contribution is -0.136. The van der Waals surface area contributed by atoms with Crippen molar-refractivity contribution in [2.24, 2.45) is 5.84 Å². The van der Waals surface area contributed by atoms with E-state index >= 15 is 0 Å². The minimum Gasteiger partial charge on any atom is -0.358 e. The third-order valence-corrected chi connectivity index (χ3v) is 3.34. The molecule has 0 saturated carbocycles. The molecule has 8 heteroatoms. The van der Waals surface area contributed by atoms with E-state index in [4.69, 9.17) is 5.84 Å². The molecule has 2 amide bonds. The number of amides is 2. The summed E-state index contributed by atoms with van der Waals surface area (Å²) in [5.74, 6) is 6.60. The van der Waals surface area contributed by atoms with Gasteiger partial charge in [0.05, 0.1) is 6.42 Å². The van der Waals surface area contributed by atoms with Crippen LogP contribution in [0.3, 0.4) is 0 Å². The Hall–Kier alpha value is -2.22. The zero-order valence-electron chi connectivity index (χ0n) is 11.7. The molecular formula is C12H18N6O2. The van der Waals surface area contributed by atoms with Gasteiger partial charge < -0.3 is 10.7 Å². The van der Waals surface area contributed by atoms with Crippen LogP contribution in [0.4, 0.5) is 11.6 Å². The number of likely N-dealkylation sites (N-methyl/N-ethyl adjacent to an activating group) is 1. The maximum absolute atomic E-state index is 11.9. The van der Waals surface area contributed by atoms with Gasteiger partial charge in [0.1, 0.15) is 23.5 Å². The maximum atomic E-state index is 11.9. The highest BCUT2D eigenvalue weighted by atomic mass is 16.2. The standard InChI is InChI=1S/C12H18N6O2/c1-4-8-15-10(6(2)11(16-8)17-13)14-7-5-9(19)18(3)12(7)20/h7H,4-5,13H2,1-3H3,(H2,14,15,16,17). The van der Waals surface area contributed by atoms with Gasteiger partial charge >= 0.3 is 0 Å². The minimum atomic E-state index is -0.587. The smallest absolute Gasteiger partial charge is 0.251 e. The fourth-order valence-electron chi connectivity index (χ4n) is 2.04. The van der Waals surface area contributed by atoms with Crippen molar-refractivity contribution < 1.29 is 9.59 Å². The SMILES string of the molecule is CCc1nc(NN)c(C)c(NC2CC(=O)N(C)C2=O)n1. The molecule has 2 heterocycles. The van der Waals surface area contributed by atoms with Gasteiger partial charge in [-0.2, -0.15) is 0 Å². The second kappa shape index (κ2) is 5.41. The van der Waals surface area contributed by atoms with E-state index in [1.54, 1.807) is 6.92 Å². The van der Waals surface area contributed by atoms with Crippen molar-refractivity contribution in [1.82, 2.24) is 14.9 Å². The molecule has 8 nitrogen and oxygen atoms in total. The molecule has 1 aliphatic heterocycles. The van der Waals surface area contributed by atoms with Crippen LogP contribution >= 0.6 is 0 Å². The summed E-state index contributed by atoms with van der Waals surface area (Å²) < 4.78 is 0. The van der Waals surface area contributed by atoms with Crippen LogP contribution in [0.15, 0.2) is 0 Å². The predicted octanol–water partition coefficient (Wildman–Crippen LogP) is -0.198. The number of nitrogens with zero attached hydrogens (tertiary/aromatic N) is 3. The molecule has 20 heavy (non-hydrogen) atoms. The van der Waals surface area contributed by atoms with Gasteiger partial charge in [-0.05, 0) is 6.92 Å². The average molecular weight is 278 g/mol. The molecule has 0 spiro atoms. The highest BCUT2D eigenvalue weighted by Crippen LogP contribution is 2.23. The van der Waals surface area contributed by atoms with Gasteiger partial charge in [0.15, 0.2) is 0 Å². The Morgan fingerprint density at radius 1 is 1.35 bits per heavy atom. The monoisotopic (exact) mass is 278 g/mol. The molecule has 0 aliphatic carbocycles. The minimum absolute atomic E-state index is 0.131. The molecule has 1 atom stereocenters. The van der Waals surface area contributed by atoms with Gasteiger partial charge in [0.25, 0.3) is 5.91 Å². The number of hydrogen-bond acceptors (Lipinski definition) is 7. The summed E-state index contributed by atoms with van der Waals surface area (Å²) in [5.41, 5.74) is 3.22. The summed E-state index contributed by atoms with van der Waals surface area (Å²) >= 11 is 0. The van der Waals surface area contributed by atoms with Gasteiger partial charge in [-0.3, -0.25) is 14.5 Å². The molecular weight excluding hydrogens is 260 g/mol. The van der Waals surface area contributed by atoms with Crippen molar-refractivity contribution in [3.05, 3.63) is 11.4 Å². The molecule has 1 aliphatic rings. The number of carbonyl (C=O) groups excluding carboxylic acids is 2. The van der Waals surface area contributed by atoms with Gasteiger partial charge in [-0.1, -0.05) is 6.92 Å². The van der Waals surface area contributed by atoms with Gasteiger partial charge in [-0.15, -0.1) is 0 Å². The Balaban J connectivity index is 2.29. The second-order valence-electron chi connectivity index (χ2n) is 4.65. The predicted molar refractivity (Wildman–Crippen MR) is 73.8 cm³/mol. The van der Waals surface area contributed by atoms with Crippen molar-refractivity contribution in [3.8, 4) is 0 Å². The van der Waals surface area contributed by atoms with Crippen LogP contribution in [0.1, 0.15) is 24.7 Å². The number of hydrazine groups is 1. The first-order valence-electron chi connectivity index (χ1n) is 6.39. The number of anilines is 2. The van der Waals surface area contributed by atoms with Crippen molar-refractivity contribution in [1.29, 1.82) is 0 Å². The molecule has 1 aromatic rings. The molecule has 1 saturated heterocycles. The van der Waals surface area contributed by atoms with Gasteiger partial charge in [0, 0.05) is 19.0 Å². The molecule has 0 radical (unpaired) electrons. The molecule has 1 fully saturated rings. The number of hydrogen-bond donors (Lipinski definition) is 3. The molecule has 0 aromatic carbocycles. The van der Waals surface area contributed by atoms with E-state index in [2.05, 4.69) is 20.7 Å². The second-order valence-corrected chi connectivity index (χ2v) is 4.65. The van der Waals surface area contributed by atoms with Crippen molar-refractivity contribution in [3.63, 3.8) is 0 Å². The molecule has 4 N–H and O–H groups in total. The third kappa shape index (κ3) is 2.42. The summed E-state index contributed by atoms with van der Waals surface area (Å²) in [6.07, 6.45) is 0.771. The maximum Gasteiger partial charge on any atom is 0.251 e. The zero-order chi connectivity index (χ0) is 14.9. The van der Waals surface area contributed by atoms with Crippen LogP contribution < -0.4 is 16.6 Å². The fraction of sp³-hybridized carbons (Fsp3) is 0.500. The number of nitrogens with one attached hydrogen (secondary N) is 2. The van der Waals surface area contributed by atoms with Crippen LogP contribution in [0, 0.1) is 6.92 Å². The van der Waals surface area contributed by atoms with E-state index in [9.17, 15) is 9.59 Å². The Bertz CT molecular complexity index is 559. The van der Waals surface area contributed by atoms with Crippen LogP contribution in [0.25, 0.3) is 0 Å². The first-order chi connectivity index (χ1) is 9.47. The quantitative estimate of drug-likeness (QED) is 0.397. The lowest BCUT2D eigenvalue weighted by Crippen LogP contribution is -2.32. The lowest BCUT2D eigenvalue weighted by Gasteiger charge is -2.16. The Morgan fingerprint density at radius 3 is 2.50 bits per heavy atom. The topological polar surface area (TPSA) is 113 Å². The highest BCUT2D eigenvalue weighted by Gasteiger charge is 2.36. The van der Waals surface area contributed by atoms with Crippen LogP contribution in [-0.4, -0.2) is 39.8 Å². The number of nitrogen functional groups attached to an aromatic ring is 1. The number of nitrogens with two attached hydrogens (primary N) is 1. The van der Waals surface area contributed by atoms with E-state index in [-0.39, 0.29) is 18.2 Å². The zero-order valence-corrected chi connectivity index (χ0v) is 11.7. The number of rotatable bonds is 4. The fourth-order valence-corrected chi connectivity index (χ4v) is 2.04. The first kappa shape index (κ1) is 14.2. The number of imide groups is 1. The first-order valence-corrected chi connectivity index (χ1v) is 6.39. The van der Waals surface area contributed by atoms with Gasteiger partial charge in [-0.25, -0.2) is 15.8 Å². The van der Waals surface area contributed by atoms with Crippen molar-refractivity contribution in [2.75, 3.05) is 17.8 Å². The summed E-state index contributed by atoms with van der Waals surface area (Å²) in [5, 5.41) is 3.01. The van der Waals surface area contributed by atoms with E-state index in [0.717, 1.165) is 4.90 Å². The van der Waals surface area contributed by atoms with Gasteiger partial charge in [0.2, 0.25) is 5.91 Å². The number of aromatic nitrogens is 2. The Morgan fingerprint density at radius 2 is 2.00 bits per heavy atom. The molecule has 108 valence electrons. The average Bonchev–Trinajstić information content (AvgIpc) is 2.68. The Kier molecular flexibility index (Phi) is 3.84. The summed E-state index contributed by atoms with van der Waals surface area (Å²) in [6, 6.07) is -0.587. The summed E-state index contributed by atoms with van der Waals surface area (Å²) in [4.78, 5) is 33.1. The Labute approximate surface area is 116 Å². The number of likely N-dealkylation sites (tertiary alicyclic amines) is 1. The molecule has 2 rings (SSSR count). The number of carbonyl (C=O) groups is 2. The van der Waals surface area contributed by atoms with Crippen LogP contribution in [0.2, 0.25) is 0 Å². The summed E-state index contributed by atoms with van der Waals surface area (Å²) in [6.45, 7) is 3.72. The van der Waals surface area contributed by atoms with E-state index in [1.807, 2.05) is 6.92 Å². The van der Waals surface area contributed by atoms with Crippen LogP contribution in [0.5, 0.6) is 0 Å². The van der Waals surface area contributed by atoms with E-state index < -0.39 is 6.04 Å². The number of aryl methyl sites for hydroxylation is 1. The summed E-state index contributed by atoms with van der Waals surface area (Å²) in [7, 11) is 1.48. The highest BCUT2D eigenvalue weighted by molar-refractivity contribution is 6.06. The molecule has 1 unspecified atom stereocenters.